The lowest BCUT2D eigenvalue weighted by molar-refractivity contribution is -0.156. The van der Waals surface area contributed by atoms with E-state index >= 15 is 0 Å². The van der Waals surface area contributed by atoms with Gasteiger partial charge in [-0.3, -0.25) is 4.79 Å². The van der Waals surface area contributed by atoms with E-state index in [1.165, 1.54) is 25.7 Å². The molecule has 2 aliphatic rings. The maximum absolute atomic E-state index is 13.2. The van der Waals surface area contributed by atoms with Gasteiger partial charge in [-0.25, -0.2) is 4.98 Å². The van der Waals surface area contributed by atoms with E-state index in [1.807, 2.05) is 5.38 Å². The number of ether oxygens (including phenoxy) is 1. The lowest BCUT2D eigenvalue weighted by Crippen LogP contribution is -2.65. The zero-order chi connectivity index (χ0) is 17.9. The molecule has 6 heteroatoms. The molecule has 3 rings (SSSR count). The van der Waals surface area contributed by atoms with Crippen molar-refractivity contribution in [2.24, 2.45) is 11.1 Å². The lowest BCUT2D eigenvalue weighted by Gasteiger charge is -2.57. The summed E-state index contributed by atoms with van der Waals surface area (Å²) in [6.07, 6.45) is 7.89. The first-order valence-electron chi connectivity index (χ1n) is 9.73. The summed E-state index contributed by atoms with van der Waals surface area (Å²) in [7, 11) is 0. The van der Waals surface area contributed by atoms with Crippen LogP contribution in [0.5, 0.6) is 0 Å². The maximum Gasteiger partial charge on any atom is 0.273 e. The Hall–Kier alpha value is -0.980. The van der Waals surface area contributed by atoms with Crippen molar-refractivity contribution in [2.75, 3.05) is 19.7 Å². The summed E-state index contributed by atoms with van der Waals surface area (Å²) in [5.74, 6) is 0.0904. The average Bonchev–Trinajstić information content (AvgIpc) is 3.27. The van der Waals surface area contributed by atoms with Crippen molar-refractivity contribution < 1.29 is 9.53 Å². The minimum Gasteiger partial charge on any atom is -0.378 e. The molecule has 2 aliphatic carbocycles. The molecule has 0 aromatic carbocycles. The molecule has 5 nitrogen and oxygen atoms in total. The van der Waals surface area contributed by atoms with E-state index in [2.05, 4.69) is 23.7 Å². The SMILES string of the molecule is CCCN(C(=O)c1csc(CCN)n1)C1CC(OCC)C12CCCC2. The normalized spacial score (nSPS) is 24.4. The highest BCUT2D eigenvalue weighted by atomic mass is 32.1. The Bertz CT molecular complexity index is 583. The first-order chi connectivity index (χ1) is 12.2. The minimum absolute atomic E-state index is 0.0904. The largest absolute Gasteiger partial charge is 0.378 e. The molecule has 1 heterocycles. The summed E-state index contributed by atoms with van der Waals surface area (Å²) in [5, 5.41) is 2.86. The van der Waals surface area contributed by atoms with Crippen LogP contribution in [0.2, 0.25) is 0 Å². The second-order valence-electron chi connectivity index (χ2n) is 7.30. The first kappa shape index (κ1) is 18.8. The molecule has 140 valence electrons. The predicted octanol–water partition coefficient (Wildman–Crippen LogP) is 3.23. The number of rotatable bonds is 8. The summed E-state index contributed by atoms with van der Waals surface area (Å²) in [6, 6.07) is 0.304. The van der Waals surface area contributed by atoms with Crippen molar-refractivity contribution >= 4 is 17.2 Å². The van der Waals surface area contributed by atoms with Crippen LogP contribution in [0.1, 0.15) is 67.9 Å². The fourth-order valence-corrected chi connectivity index (χ4v) is 5.51. The number of hydrogen-bond acceptors (Lipinski definition) is 5. The monoisotopic (exact) mass is 365 g/mol. The fraction of sp³-hybridized carbons (Fsp3) is 0.789. The molecule has 1 spiro atoms. The van der Waals surface area contributed by atoms with Crippen molar-refractivity contribution in [3.8, 4) is 0 Å². The van der Waals surface area contributed by atoms with Crippen LogP contribution in [0.15, 0.2) is 5.38 Å². The quantitative estimate of drug-likeness (QED) is 0.768. The smallest absolute Gasteiger partial charge is 0.273 e. The van der Waals surface area contributed by atoms with Crippen molar-refractivity contribution in [1.29, 1.82) is 0 Å². The van der Waals surface area contributed by atoms with Crippen LogP contribution in [-0.2, 0) is 11.2 Å². The van der Waals surface area contributed by atoms with Crippen molar-refractivity contribution in [3.05, 3.63) is 16.1 Å². The van der Waals surface area contributed by atoms with E-state index in [4.69, 9.17) is 10.5 Å². The van der Waals surface area contributed by atoms with Crippen LogP contribution in [0, 0.1) is 5.41 Å². The van der Waals surface area contributed by atoms with Crippen LogP contribution in [0.25, 0.3) is 0 Å². The minimum atomic E-state index is 0.0904. The molecule has 2 N–H and O–H groups in total. The molecule has 1 aromatic rings. The van der Waals surface area contributed by atoms with Crippen molar-refractivity contribution in [3.63, 3.8) is 0 Å². The Kier molecular flexibility index (Phi) is 6.12. The van der Waals surface area contributed by atoms with Gasteiger partial charge in [0.25, 0.3) is 5.91 Å². The molecule has 2 fully saturated rings. The molecule has 1 aromatic heterocycles. The molecular formula is C19H31N3O2S. The average molecular weight is 366 g/mol. The number of thiazole rings is 1. The topological polar surface area (TPSA) is 68.5 Å². The Morgan fingerprint density at radius 3 is 2.84 bits per heavy atom. The van der Waals surface area contributed by atoms with E-state index < -0.39 is 0 Å². The van der Waals surface area contributed by atoms with Gasteiger partial charge in [0.1, 0.15) is 5.69 Å². The van der Waals surface area contributed by atoms with Gasteiger partial charge < -0.3 is 15.4 Å². The van der Waals surface area contributed by atoms with Gasteiger partial charge in [-0.15, -0.1) is 11.3 Å². The van der Waals surface area contributed by atoms with Crippen LogP contribution in [0.3, 0.4) is 0 Å². The highest BCUT2D eigenvalue weighted by molar-refractivity contribution is 7.09. The highest BCUT2D eigenvalue weighted by Crippen LogP contribution is 2.56. The van der Waals surface area contributed by atoms with Gasteiger partial charge in [0.2, 0.25) is 0 Å². The molecule has 2 unspecified atom stereocenters. The molecule has 0 aliphatic heterocycles. The van der Waals surface area contributed by atoms with Gasteiger partial charge in [0, 0.05) is 36.4 Å². The number of aromatic nitrogens is 1. The summed E-state index contributed by atoms with van der Waals surface area (Å²) >= 11 is 1.54. The van der Waals surface area contributed by atoms with E-state index in [-0.39, 0.29) is 11.3 Å². The summed E-state index contributed by atoms with van der Waals surface area (Å²) in [4.78, 5) is 19.8. The number of hydrogen-bond donors (Lipinski definition) is 1. The van der Waals surface area contributed by atoms with Gasteiger partial charge in [-0.1, -0.05) is 19.8 Å². The number of nitrogens with two attached hydrogens (primary N) is 1. The van der Waals surface area contributed by atoms with Gasteiger partial charge >= 0.3 is 0 Å². The molecule has 2 atom stereocenters. The van der Waals surface area contributed by atoms with Gasteiger partial charge in [0.15, 0.2) is 0 Å². The van der Waals surface area contributed by atoms with Crippen molar-refractivity contribution in [2.45, 2.75) is 70.9 Å². The maximum atomic E-state index is 13.2. The van der Waals surface area contributed by atoms with Crippen LogP contribution < -0.4 is 5.73 Å². The molecule has 0 bridgehead atoms. The van der Waals surface area contributed by atoms with E-state index in [0.717, 1.165) is 37.4 Å². The third-order valence-electron chi connectivity index (χ3n) is 5.88. The Labute approximate surface area is 154 Å². The molecule has 0 radical (unpaired) electrons. The molecule has 1 amide bonds. The Balaban J connectivity index is 1.79. The van der Waals surface area contributed by atoms with Gasteiger partial charge in [-0.05, 0) is 39.2 Å². The Morgan fingerprint density at radius 1 is 1.44 bits per heavy atom. The zero-order valence-corrected chi connectivity index (χ0v) is 16.3. The summed E-state index contributed by atoms with van der Waals surface area (Å²) < 4.78 is 6.03. The van der Waals surface area contributed by atoms with Gasteiger partial charge in [0.05, 0.1) is 11.1 Å². The van der Waals surface area contributed by atoms with E-state index in [9.17, 15) is 4.79 Å². The van der Waals surface area contributed by atoms with Crippen LogP contribution in [0.4, 0.5) is 0 Å². The molecule has 0 saturated heterocycles. The fourth-order valence-electron chi connectivity index (χ4n) is 4.72. The summed E-state index contributed by atoms with van der Waals surface area (Å²) in [6.45, 7) is 6.34. The Morgan fingerprint density at radius 2 is 2.20 bits per heavy atom. The highest BCUT2D eigenvalue weighted by Gasteiger charge is 2.59. The first-order valence-corrected chi connectivity index (χ1v) is 10.6. The van der Waals surface area contributed by atoms with E-state index in [0.29, 0.717) is 24.4 Å². The third kappa shape index (κ3) is 3.49. The van der Waals surface area contributed by atoms with E-state index in [1.54, 1.807) is 11.3 Å². The van der Waals surface area contributed by atoms with Crippen molar-refractivity contribution in [1.82, 2.24) is 9.88 Å². The number of carbonyl (C=O) groups is 1. The second kappa shape index (κ2) is 8.14. The molecular weight excluding hydrogens is 334 g/mol. The summed E-state index contributed by atoms with van der Waals surface area (Å²) in [5.41, 5.74) is 6.38. The predicted molar refractivity (Wildman–Crippen MR) is 101 cm³/mol. The number of amides is 1. The zero-order valence-electron chi connectivity index (χ0n) is 15.5. The van der Waals surface area contributed by atoms with Crippen LogP contribution in [-0.4, -0.2) is 47.6 Å². The molecule has 25 heavy (non-hydrogen) atoms. The lowest BCUT2D eigenvalue weighted by atomic mass is 9.59. The number of carbonyl (C=O) groups excluding carboxylic acids is 1. The van der Waals surface area contributed by atoms with Crippen LogP contribution >= 0.6 is 11.3 Å². The van der Waals surface area contributed by atoms with Gasteiger partial charge in [-0.2, -0.15) is 0 Å². The molecule has 2 saturated carbocycles. The number of nitrogens with zero attached hydrogens (tertiary/aromatic N) is 2. The third-order valence-corrected chi connectivity index (χ3v) is 6.78. The second-order valence-corrected chi connectivity index (χ2v) is 8.24. The standard InChI is InChI=1S/C19H31N3O2S/c1-3-11-22(18(23)14-13-25-17(21-14)7-10-20)15-12-16(24-4-2)19(15)8-5-6-9-19/h13,15-16H,3-12,20H2,1-2H3.